The third-order valence-electron chi connectivity index (χ3n) is 5.55. The fourth-order valence-electron chi connectivity index (χ4n) is 5.06. The highest BCUT2D eigenvalue weighted by Crippen LogP contribution is 2.61. The van der Waals surface area contributed by atoms with Crippen LogP contribution >= 0.6 is 12.6 Å². The molecule has 3 aliphatic carbocycles. The van der Waals surface area contributed by atoms with Gasteiger partial charge in [0.25, 0.3) is 0 Å². The van der Waals surface area contributed by atoms with Gasteiger partial charge in [0, 0.05) is 0 Å². The molecule has 0 aromatic carbocycles. The van der Waals surface area contributed by atoms with Crippen molar-refractivity contribution >= 4 is 12.6 Å². The van der Waals surface area contributed by atoms with Crippen molar-refractivity contribution in [3.05, 3.63) is 0 Å². The van der Waals surface area contributed by atoms with Crippen LogP contribution in [0.1, 0.15) is 51.4 Å². The van der Waals surface area contributed by atoms with Gasteiger partial charge in [-0.25, -0.2) is 0 Å². The summed E-state index contributed by atoms with van der Waals surface area (Å²) in [7, 11) is 0. The van der Waals surface area contributed by atoms with Gasteiger partial charge < -0.3 is 0 Å². The molecule has 0 N–H and O–H groups in total. The van der Waals surface area contributed by atoms with Crippen LogP contribution in [0.15, 0.2) is 0 Å². The second kappa shape index (κ2) is 4.31. The number of thiol groups is 1. The zero-order valence-electron chi connectivity index (χ0n) is 9.70. The summed E-state index contributed by atoms with van der Waals surface area (Å²) < 4.78 is 0. The molecule has 86 valence electrons. The first-order chi connectivity index (χ1) is 7.40. The highest BCUT2D eigenvalue weighted by Gasteiger charge is 2.53. The molecule has 0 radical (unpaired) electrons. The van der Waals surface area contributed by atoms with Crippen LogP contribution in [-0.4, -0.2) is 5.75 Å². The molecule has 0 aliphatic heterocycles. The van der Waals surface area contributed by atoms with Crippen molar-refractivity contribution in [3.63, 3.8) is 0 Å². The maximum Gasteiger partial charge on any atom is -0.00979 e. The zero-order chi connectivity index (χ0) is 10.3. The summed E-state index contributed by atoms with van der Waals surface area (Å²) in [6, 6.07) is 0. The molecule has 0 heterocycles. The minimum atomic E-state index is 1.09. The number of rotatable bonds is 4. The predicted octanol–water partition coefficient (Wildman–Crippen LogP) is 4.16. The smallest absolute Gasteiger partial charge is 0.00979 e. The summed E-state index contributed by atoms with van der Waals surface area (Å²) in [6.45, 7) is 0. The highest BCUT2D eigenvalue weighted by molar-refractivity contribution is 7.80. The second-order valence-corrected chi connectivity index (χ2v) is 6.58. The lowest BCUT2D eigenvalue weighted by Gasteiger charge is -2.31. The number of fused-ring (bicyclic) bond motifs is 5. The normalized spacial score (nSPS) is 47.4. The van der Waals surface area contributed by atoms with Gasteiger partial charge in [-0.15, -0.1) is 0 Å². The van der Waals surface area contributed by atoms with Crippen molar-refractivity contribution in [1.29, 1.82) is 0 Å². The molecular formula is C14H24S. The van der Waals surface area contributed by atoms with Crippen molar-refractivity contribution in [3.8, 4) is 0 Å². The average Bonchev–Trinajstić information content (AvgIpc) is 2.89. The van der Waals surface area contributed by atoms with E-state index in [0.717, 1.165) is 23.5 Å². The second-order valence-electron chi connectivity index (χ2n) is 6.13. The Morgan fingerprint density at radius 3 is 2.67 bits per heavy atom. The summed E-state index contributed by atoms with van der Waals surface area (Å²) in [6.07, 6.45) is 12.2. The van der Waals surface area contributed by atoms with Crippen molar-refractivity contribution in [2.45, 2.75) is 51.4 Å². The van der Waals surface area contributed by atoms with Gasteiger partial charge in [0.05, 0.1) is 0 Å². The molecule has 3 fully saturated rings. The molecule has 5 atom stereocenters. The SMILES string of the molecule is SCCCCC1CC2CC1C1CCCC21. The molecule has 0 nitrogen and oxygen atoms in total. The molecule has 15 heavy (non-hydrogen) atoms. The van der Waals surface area contributed by atoms with Gasteiger partial charge in [-0.2, -0.15) is 12.6 Å². The maximum absolute atomic E-state index is 4.31. The first kappa shape index (κ1) is 10.5. The van der Waals surface area contributed by atoms with Crippen LogP contribution < -0.4 is 0 Å². The van der Waals surface area contributed by atoms with Crippen molar-refractivity contribution < 1.29 is 0 Å². The molecule has 5 unspecified atom stereocenters. The maximum atomic E-state index is 4.31. The Balaban J connectivity index is 1.56. The number of unbranched alkanes of at least 4 members (excludes halogenated alkanes) is 1. The minimum Gasteiger partial charge on any atom is -0.179 e. The van der Waals surface area contributed by atoms with Gasteiger partial charge in [0.1, 0.15) is 0 Å². The van der Waals surface area contributed by atoms with E-state index >= 15 is 0 Å². The number of hydrogen-bond donors (Lipinski definition) is 1. The Morgan fingerprint density at radius 2 is 1.80 bits per heavy atom. The lowest BCUT2D eigenvalue weighted by atomic mass is 9.74. The molecule has 3 aliphatic rings. The van der Waals surface area contributed by atoms with Crippen molar-refractivity contribution in [2.75, 3.05) is 5.75 Å². The average molecular weight is 224 g/mol. The molecule has 0 saturated heterocycles. The molecule has 3 saturated carbocycles. The first-order valence-corrected chi connectivity index (χ1v) is 7.64. The summed E-state index contributed by atoms with van der Waals surface area (Å²) in [5, 5.41) is 0. The fraction of sp³-hybridized carbons (Fsp3) is 1.00. The van der Waals surface area contributed by atoms with Crippen LogP contribution in [0.25, 0.3) is 0 Å². The molecule has 2 bridgehead atoms. The van der Waals surface area contributed by atoms with Crippen molar-refractivity contribution in [1.82, 2.24) is 0 Å². The number of hydrogen-bond acceptors (Lipinski definition) is 1. The van der Waals surface area contributed by atoms with E-state index in [-0.39, 0.29) is 0 Å². The molecule has 3 rings (SSSR count). The topological polar surface area (TPSA) is 0 Å². The fourth-order valence-corrected chi connectivity index (χ4v) is 5.28. The lowest BCUT2D eigenvalue weighted by molar-refractivity contribution is 0.179. The van der Waals surface area contributed by atoms with E-state index in [1.54, 1.807) is 32.1 Å². The molecule has 1 heteroatoms. The van der Waals surface area contributed by atoms with E-state index in [1.807, 2.05) is 0 Å². The molecule has 0 aromatic rings. The van der Waals surface area contributed by atoms with Crippen LogP contribution in [0.2, 0.25) is 0 Å². The summed E-state index contributed by atoms with van der Waals surface area (Å²) in [5.41, 5.74) is 0. The summed E-state index contributed by atoms with van der Waals surface area (Å²) in [5.74, 6) is 6.87. The quantitative estimate of drug-likeness (QED) is 0.538. The highest BCUT2D eigenvalue weighted by atomic mass is 32.1. The Kier molecular flexibility index (Phi) is 3.02. The lowest BCUT2D eigenvalue weighted by Crippen LogP contribution is -2.24. The van der Waals surface area contributed by atoms with E-state index < -0.39 is 0 Å². The van der Waals surface area contributed by atoms with Crippen LogP contribution in [0.5, 0.6) is 0 Å². The summed E-state index contributed by atoms with van der Waals surface area (Å²) in [4.78, 5) is 0. The van der Waals surface area contributed by atoms with E-state index in [4.69, 9.17) is 0 Å². The van der Waals surface area contributed by atoms with Crippen LogP contribution in [0, 0.1) is 29.6 Å². The van der Waals surface area contributed by atoms with E-state index in [9.17, 15) is 0 Å². The molecule has 0 spiro atoms. The van der Waals surface area contributed by atoms with E-state index in [0.29, 0.717) is 0 Å². The Bertz CT molecular complexity index is 225. The van der Waals surface area contributed by atoms with E-state index in [2.05, 4.69) is 12.6 Å². The van der Waals surface area contributed by atoms with Gasteiger partial charge in [-0.05, 0) is 67.4 Å². The van der Waals surface area contributed by atoms with Crippen LogP contribution in [0.3, 0.4) is 0 Å². The van der Waals surface area contributed by atoms with Crippen LogP contribution in [-0.2, 0) is 0 Å². The third kappa shape index (κ3) is 1.75. The monoisotopic (exact) mass is 224 g/mol. The predicted molar refractivity (Wildman–Crippen MR) is 68.2 cm³/mol. The Labute approximate surface area is 99.6 Å². The Hall–Kier alpha value is 0.350. The van der Waals surface area contributed by atoms with Gasteiger partial charge in [-0.3, -0.25) is 0 Å². The van der Waals surface area contributed by atoms with E-state index in [1.165, 1.54) is 31.1 Å². The minimum absolute atomic E-state index is 1.09. The molecular weight excluding hydrogens is 200 g/mol. The Morgan fingerprint density at radius 1 is 0.933 bits per heavy atom. The van der Waals surface area contributed by atoms with Gasteiger partial charge in [-0.1, -0.05) is 19.3 Å². The standard InChI is InChI=1S/C14H24S/c15-7-2-1-4-10-8-11-9-14(10)13-6-3-5-12(11)13/h10-15H,1-9H2. The van der Waals surface area contributed by atoms with Crippen molar-refractivity contribution in [2.24, 2.45) is 29.6 Å². The zero-order valence-corrected chi connectivity index (χ0v) is 10.6. The van der Waals surface area contributed by atoms with Gasteiger partial charge >= 0.3 is 0 Å². The molecule has 0 amide bonds. The van der Waals surface area contributed by atoms with Crippen LogP contribution in [0.4, 0.5) is 0 Å². The third-order valence-corrected chi connectivity index (χ3v) is 5.87. The van der Waals surface area contributed by atoms with Gasteiger partial charge in [0.2, 0.25) is 0 Å². The van der Waals surface area contributed by atoms with Gasteiger partial charge in [0.15, 0.2) is 0 Å². The molecule has 0 aromatic heterocycles. The summed E-state index contributed by atoms with van der Waals surface area (Å²) >= 11 is 4.31. The largest absolute Gasteiger partial charge is 0.179 e. The first-order valence-electron chi connectivity index (χ1n) is 7.01.